The molecule has 2 amide bonds. The minimum absolute atomic E-state index is 0.0787. The molecule has 0 aromatic heterocycles. The first-order chi connectivity index (χ1) is 15.8. The van der Waals surface area contributed by atoms with Crippen molar-refractivity contribution in [2.75, 3.05) is 12.0 Å². The zero-order valence-electron chi connectivity index (χ0n) is 18.3. The second-order valence-corrected chi connectivity index (χ2v) is 7.68. The Bertz CT molecular complexity index is 1260. The number of esters is 1. The topological polar surface area (TPSA) is 90.0 Å². The minimum Gasteiger partial charge on any atom is -0.497 e. The summed E-state index contributed by atoms with van der Waals surface area (Å²) in [7, 11) is 1.52. The lowest BCUT2D eigenvalue weighted by Gasteiger charge is -2.14. The van der Waals surface area contributed by atoms with E-state index in [0.717, 1.165) is 10.5 Å². The second-order valence-electron chi connectivity index (χ2n) is 7.68. The summed E-state index contributed by atoms with van der Waals surface area (Å²) < 4.78 is 10.4. The van der Waals surface area contributed by atoms with Crippen molar-refractivity contribution in [3.05, 3.63) is 94.5 Å². The standard InChI is InChI=1S/C26H21NO6/c1-15-4-6-17(7-5-15)23(28)16(2)33-26(31)18-8-13-21-22(14-18)25(30)27(24(21)29)19-9-11-20(32-3)12-10-19/h4-14,16H,1-3H3/t16-/m1/s1. The molecule has 0 fully saturated rings. The molecule has 3 aromatic rings. The number of carbonyl (C=O) groups is 4. The summed E-state index contributed by atoms with van der Waals surface area (Å²) >= 11 is 0. The molecule has 4 rings (SSSR count). The van der Waals surface area contributed by atoms with E-state index in [1.165, 1.54) is 32.2 Å². The lowest BCUT2D eigenvalue weighted by Crippen LogP contribution is -2.29. The Balaban J connectivity index is 1.53. The molecule has 166 valence electrons. The van der Waals surface area contributed by atoms with Gasteiger partial charge in [-0.15, -0.1) is 0 Å². The lowest BCUT2D eigenvalue weighted by atomic mass is 10.0. The first-order valence-electron chi connectivity index (χ1n) is 10.3. The third-order valence-corrected chi connectivity index (χ3v) is 5.44. The highest BCUT2D eigenvalue weighted by molar-refractivity contribution is 6.34. The normalized spacial score (nSPS) is 13.5. The molecule has 0 saturated heterocycles. The van der Waals surface area contributed by atoms with Crippen LogP contribution in [0.5, 0.6) is 5.75 Å². The van der Waals surface area contributed by atoms with Crippen molar-refractivity contribution in [3.8, 4) is 5.75 Å². The molecule has 1 aliphatic heterocycles. The highest BCUT2D eigenvalue weighted by Crippen LogP contribution is 2.30. The number of carbonyl (C=O) groups excluding carboxylic acids is 4. The van der Waals surface area contributed by atoms with Crippen LogP contribution in [0.25, 0.3) is 0 Å². The molecule has 0 aliphatic carbocycles. The molecule has 0 bridgehead atoms. The van der Waals surface area contributed by atoms with Gasteiger partial charge >= 0.3 is 5.97 Å². The summed E-state index contributed by atoms with van der Waals surface area (Å²) in [5.41, 5.74) is 2.21. The number of amides is 2. The molecule has 7 heteroatoms. The molecule has 1 atom stereocenters. The molecule has 0 radical (unpaired) electrons. The number of Topliss-reactive ketones (excluding diaryl/α,β-unsaturated/α-hetero) is 1. The van der Waals surface area contributed by atoms with Crippen molar-refractivity contribution in [1.82, 2.24) is 0 Å². The largest absolute Gasteiger partial charge is 0.497 e. The number of nitrogens with zero attached hydrogens (tertiary/aromatic N) is 1. The number of imide groups is 1. The molecule has 0 unspecified atom stereocenters. The summed E-state index contributed by atoms with van der Waals surface area (Å²) in [4.78, 5) is 52.0. The minimum atomic E-state index is -1.01. The lowest BCUT2D eigenvalue weighted by molar-refractivity contribution is 0.0318. The summed E-state index contributed by atoms with van der Waals surface area (Å²) in [5, 5.41) is 0. The number of aryl methyl sites for hydroxylation is 1. The fourth-order valence-electron chi connectivity index (χ4n) is 3.57. The Morgan fingerprint density at radius 2 is 1.42 bits per heavy atom. The zero-order valence-corrected chi connectivity index (χ0v) is 18.3. The average Bonchev–Trinajstić information content (AvgIpc) is 3.08. The van der Waals surface area contributed by atoms with Crippen LogP contribution in [-0.2, 0) is 4.74 Å². The van der Waals surface area contributed by atoms with E-state index in [4.69, 9.17) is 9.47 Å². The maximum absolute atomic E-state index is 12.9. The Labute approximate surface area is 190 Å². The van der Waals surface area contributed by atoms with E-state index in [-0.39, 0.29) is 22.5 Å². The van der Waals surface area contributed by atoms with E-state index >= 15 is 0 Å². The number of hydrogen-bond acceptors (Lipinski definition) is 6. The smallest absolute Gasteiger partial charge is 0.338 e. The quantitative estimate of drug-likeness (QED) is 0.322. The maximum Gasteiger partial charge on any atom is 0.338 e. The van der Waals surface area contributed by atoms with E-state index in [1.54, 1.807) is 48.5 Å². The Hall–Kier alpha value is -4.26. The molecule has 0 saturated carbocycles. The fourth-order valence-corrected chi connectivity index (χ4v) is 3.57. The van der Waals surface area contributed by atoms with E-state index in [1.807, 2.05) is 6.92 Å². The molecule has 1 heterocycles. The van der Waals surface area contributed by atoms with Crippen LogP contribution in [0, 0.1) is 6.92 Å². The van der Waals surface area contributed by atoms with Gasteiger partial charge in [0, 0.05) is 5.56 Å². The van der Waals surface area contributed by atoms with Gasteiger partial charge in [-0.2, -0.15) is 0 Å². The molecule has 7 nitrogen and oxygen atoms in total. The average molecular weight is 443 g/mol. The summed E-state index contributed by atoms with van der Waals surface area (Å²) in [5.74, 6) is -1.52. The highest BCUT2D eigenvalue weighted by Gasteiger charge is 2.37. The number of fused-ring (bicyclic) bond motifs is 1. The number of hydrogen-bond donors (Lipinski definition) is 0. The van der Waals surface area contributed by atoms with Gasteiger partial charge in [-0.25, -0.2) is 9.69 Å². The molecule has 1 aliphatic rings. The Morgan fingerprint density at radius 3 is 2.06 bits per heavy atom. The van der Waals surface area contributed by atoms with E-state index < -0.39 is 23.9 Å². The maximum atomic E-state index is 12.9. The van der Waals surface area contributed by atoms with Gasteiger partial charge in [0.1, 0.15) is 5.75 Å². The van der Waals surface area contributed by atoms with E-state index in [2.05, 4.69) is 0 Å². The molecular weight excluding hydrogens is 422 g/mol. The molecule has 0 N–H and O–H groups in total. The van der Waals surface area contributed by atoms with Crippen LogP contribution in [-0.4, -0.2) is 36.8 Å². The summed E-state index contributed by atoms with van der Waals surface area (Å²) in [6.07, 6.45) is -1.01. The SMILES string of the molecule is COc1ccc(N2C(=O)c3ccc(C(=O)O[C@H](C)C(=O)c4ccc(C)cc4)cc3C2=O)cc1. The van der Waals surface area contributed by atoms with Crippen LogP contribution in [0.2, 0.25) is 0 Å². The van der Waals surface area contributed by atoms with Gasteiger partial charge < -0.3 is 9.47 Å². The zero-order chi connectivity index (χ0) is 23.7. The predicted octanol–water partition coefficient (Wildman–Crippen LogP) is 4.23. The number of anilines is 1. The van der Waals surface area contributed by atoms with Crippen molar-refractivity contribution < 1.29 is 28.7 Å². The fraction of sp³-hybridized carbons (Fsp3) is 0.154. The first-order valence-corrected chi connectivity index (χ1v) is 10.3. The number of rotatable bonds is 6. The summed E-state index contributed by atoms with van der Waals surface area (Å²) in [6.45, 7) is 3.40. The Morgan fingerprint density at radius 1 is 0.818 bits per heavy atom. The van der Waals surface area contributed by atoms with Crippen LogP contribution < -0.4 is 9.64 Å². The van der Waals surface area contributed by atoms with Gasteiger partial charge in [0.05, 0.1) is 29.5 Å². The predicted molar refractivity (Wildman–Crippen MR) is 121 cm³/mol. The van der Waals surface area contributed by atoms with Crippen LogP contribution in [0.3, 0.4) is 0 Å². The number of methoxy groups -OCH3 is 1. The van der Waals surface area contributed by atoms with Crippen molar-refractivity contribution in [3.63, 3.8) is 0 Å². The van der Waals surface area contributed by atoms with Crippen molar-refractivity contribution in [2.24, 2.45) is 0 Å². The van der Waals surface area contributed by atoms with Crippen molar-refractivity contribution in [1.29, 1.82) is 0 Å². The molecule has 0 spiro atoms. The monoisotopic (exact) mass is 443 g/mol. The van der Waals surface area contributed by atoms with Crippen LogP contribution in [0.4, 0.5) is 5.69 Å². The van der Waals surface area contributed by atoms with Gasteiger partial charge in [-0.1, -0.05) is 29.8 Å². The second kappa shape index (κ2) is 8.70. The van der Waals surface area contributed by atoms with Crippen LogP contribution >= 0.6 is 0 Å². The van der Waals surface area contributed by atoms with E-state index in [0.29, 0.717) is 17.0 Å². The van der Waals surface area contributed by atoms with E-state index in [9.17, 15) is 19.2 Å². The third-order valence-electron chi connectivity index (χ3n) is 5.44. The van der Waals surface area contributed by atoms with Gasteiger partial charge in [-0.3, -0.25) is 14.4 Å². The highest BCUT2D eigenvalue weighted by atomic mass is 16.5. The summed E-state index contributed by atoms with van der Waals surface area (Å²) in [6, 6.07) is 17.6. The number of ether oxygens (including phenoxy) is 2. The Kier molecular flexibility index (Phi) is 5.79. The molecule has 3 aromatic carbocycles. The van der Waals surface area contributed by atoms with Gasteiger partial charge in [0.15, 0.2) is 6.10 Å². The van der Waals surface area contributed by atoms with Crippen molar-refractivity contribution in [2.45, 2.75) is 20.0 Å². The molecular formula is C26H21NO6. The third kappa shape index (κ3) is 4.13. The molecule has 33 heavy (non-hydrogen) atoms. The number of benzene rings is 3. The van der Waals surface area contributed by atoms with Crippen LogP contribution in [0.1, 0.15) is 53.9 Å². The first kappa shape index (κ1) is 22.0. The van der Waals surface area contributed by atoms with Gasteiger partial charge in [0.2, 0.25) is 5.78 Å². The number of ketones is 1. The van der Waals surface area contributed by atoms with Gasteiger partial charge in [-0.05, 0) is 56.3 Å². The van der Waals surface area contributed by atoms with Gasteiger partial charge in [0.25, 0.3) is 11.8 Å². The van der Waals surface area contributed by atoms with Crippen molar-refractivity contribution >= 4 is 29.3 Å². The van der Waals surface area contributed by atoms with Crippen LogP contribution in [0.15, 0.2) is 66.7 Å².